The average Bonchev–Trinajstić information content (AvgIpc) is 2.33. The van der Waals surface area contributed by atoms with E-state index in [-0.39, 0.29) is 18.0 Å². The maximum Gasteiger partial charge on any atom is 0.251 e. The van der Waals surface area contributed by atoms with Gasteiger partial charge < -0.3 is 20.5 Å². The van der Waals surface area contributed by atoms with Crippen molar-refractivity contribution < 1.29 is 4.79 Å². The summed E-state index contributed by atoms with van der Waals surface area (Å²) in [6.07, 6.45) is 1.47. The molecule has 106 valence electrons. The van der Waals surface area contributed by atoms with Crippen molar-refractivity contribution in [1.82, 2.24) is 14.8 Å². The third-order valence-electron chi connectivity index (χ3n) is 2.99. The summed E-state index contributed by atoms with van der Waals surface area (Å²) in [6, 6.07) is 3.32. The molecule has 1 rings (SSSR count). The standard InChI is InChI=1S/C13H22N4O2/c1-10(2)16(3)7-6-15-12(18)9-17-8-11(14)4-5-13(17)19/h4-5,8,10H,6-7,9,14H2,1-3H3,(H,15,18). The predicted molar refractivity (Wildman–Crippen MR) is 75.9 cm³/mol. The van der Waals surface area contributed by atoms with Crippen molar-refractivity contribution in [1.29, 1.82) is 0 Å². The molecule has 1 aromatic heterocycles. The van der Waals surface area contributed by atoms with Crippen molar-refractivity contribution in [3.05, 3.63) is 28.7 Å². The summed E-state index contributed by atoms with van der Waals surface area (Å²) < 4.78 is 1.30. The molecule has 19 heavy (non-hydrogen) atoms. The molecule has 3 N–H and O–H groups in total. The van der Waals surface area contributed by atoms with Gasteiger partial charge in [0.2, 0.25) is 5.91 Å². The summed E-state index contributed by atoms with van der Waals surface area (Å²) in [7, 11) is 2.00. The number of nitrogens with zero attached hydrogens (tertiary/aromatic N) is 2. The molecule has 1 heterocycles. The summed E-state index contributed by atoms with van der Waals surface area (Å²) in [4.78, 5) is 25.3. The number of likely N-dealkylation sites (N-methyl/N-ethyl adjacent to an activating group) is 1. The fourth-order valence-electron chi connectivity index (χ4n) is 1.51. The lowest BCUT2D eigenvalue weighted by Crippen LogP contribution is -2.38. The van der Waals surface area contributed by atoms with E-state index in [1.807, 2.05) is 7.05 Å². The van der Waals surface area contributed by atoms with Crippen LogP contribution in [0.3, 0.4) is 0 Å². The molecule has 1 aromatic rings. The molecule has 0 unspecified atom stereocenters. The monoisotopic (exact) mass is 266 g/mol. The van der Waals surface area contributed by atoms with E-state index in [1.165, 1.54) is 22.9 Å². The number of pyridine rings is 1. The van der Waals surface area contributed by atoms with E-state index < -0.39 is 0 Å². The van der Waals surface area contributed by atoms with Gasteiger partial charge >= 0.3 is 0 Å². The van der Waals surface area contributed by atoms with E-state index in [0.717, 1.165) is 6.54 Å². The van der Waals surface area contributed by atoms with Crippen molar-refractivity contribution in [2.24, 2.45) is 0 Å². The number of nitrogen functional groups attached to an aromatic ring is 1. The molecule has 0 saturated carbocycles. The number of rotatable bonds is 6. The lowest BCUT2D eigenvalue weighted by atomic mass is 10.3. The van der Waals surface area contributed by atoms with Crippen LogP contribution in [0, 0.1) is 0 Å². The highest BCUT2D eigenvalue weighted by atomic mass is 16.2. The van der Waals surface area contributed by atoms with Crippen molar-refractivity contribution >= 4 is 11.6 Å². The Morgan fingerprint density at radius 1 is 1.47 bits per heavy atom. The maximum absolute atomic E-state index is 11.7. The highest BCUT2D eigenvalue weighted by molar-refractivity contribution is 5.75. The summed E-state index contributed by atoms with van der Waals surface area (Å²) in [5, 5.41) is 2.78. The van der Waals surface area contributed by atoms with E-state index in [2.05, 4.69) is 24.1 Å². The van der Waals surface area contributed by atoms with Crippen LogP contribution >= 0.6 is 0 Å². The molecule has 1 amide bonds. The third-order valence-corrected chi connectivity index (χ3v) is 2.99. The summed E-state index contributed by atoms with van der Waals surface area (Å²) in [5.41, 5.74) is 5.81. The van der Waals surface area contributed by atoms with E-state index in [0.29, 0.717) is 18.3 Å². The largest absolute Gasteiger partial charge is 0.398 e. The van der Waals surface area contributed by atoms with Crippen molar-refractivity contribution in [3.8, 4) is 0 Å². The number of amides is 1. The fourth-order valence-corrected chi connectivity index (χ4v) is 1.51. The molecule has 0 saturated heterocycles. The number of anilines is 1. The van der Waals surface area contributed by atoms with Crippen LogP contribution in [0.15, 0.2) is 23.1 Å². The van der Waals surface area contributed by atoms with Gasteiger partial charge in [-0.15, -0.1) is 0 Å². The zero-order valence-corrected chi connectivity index (χ0v) is 11.7. The van der Waals surface area contributed by atoms with E-state index in [4.69, 9.17) is 5.73 Å². The molecule has 0 radical (unpaired) electrons. The molecule has 0 atom stereocenters. The molecular weight excluding hydrogens is 244 g/mol. The van der Waals surface area contributed by atoms with Crippen LogP contribution in [0.4, 0.5) is 5.69 Å². The second-order valence-electron chi connectivity index (χ2n) is 4.85. The first-order chi connectivity index (χ1) is 8.90. The van der Waals surface area contributed by atoms with E-state index in [9.17, 15) is 9.59 Å². The Kier molecular flexibility index (Phi) is 5.57. The summed E-state index contributed by atoms with van der Waals surface area (Å²) >= 11 is 0. The number of aromatic nitrogens is 1. The molecule has 0 spiro atoms. The van der Waals surface area contributed by atoms with Crippen LogP contribution in [-0.2, 0) is 11.3 Å². The Hall–Kier alpha value is -1.82. The minimum Gasteiger partial charge on any atom is -0.398 e. The lowest BCUT2D eigenvalue weighted by Gasteiger charge is -2.20. The van der Waals surface area contributed by atoms with Gasteiger partial charge in [0.05, 0.1) is 0 Å². The smallest absolute Gasteiger partial charge is 0.251 e. The molecule has 0 aliphatic rings. The van der Waals surface area contributed by atoms with Gasteiger partial charge in [-0.25, -0.2) is 0 Å². The highest BCUT2D eigenvalue weighted by Crippen LogP contribution is 1.95. The number of hydrogen-bond acceptors (Lipinski definition) is 4. The molecule has 0 aliphatic heterocycles. The van der Waals surface area contributed by atoms with Crippen LogP contribution in [0.1, 0.15) is 13.8 Å². The number of carbonyl (C=O) groups excluding carboxylic acids is 1. The Bertz CT molecular complexity index is 482. The number of carbonyl (C=O) groups is 1. The summed E-state index contributed by atoms with van der Waals surface area (Å²) in [5.74, 6) is -0.190. The first-order valence-corrected chi connectivity index (χ1v) is 6.33. The van der Waals surface area contributed by atoms with Crippen molar-refractivity contribution in [3.63, 3.8) is 0 Å². The quantitative estimate of drug-likeness (QED) is 0.752. The van der Waals surface area contributed by atoms with Crippen LogP contribution in [0.5, 0.6) is 0 Å². The van der Waals surface area contributed by atoms with Crippen LogP contribution in [0.25, 0.3) is 0 Å². The normalized spacial score (nSPS) is 11.0. The highest BCUT2D eigenvalue weighted by Gasteiger charge is 2.06. The van der Waals surface area contributed by atoms with Gasteiger partial charge in [-0.1, -0.05) is 0 Å². The topological polar surface area (TPSA) is 80.4 Å². The summed E-state index contributed by atoms with van der Waals surface area (Å²) in [6.45, 7) is 5.51. The van der Waals surface area contributed by atoms with Crippen molar-refractivity contribution in [2.45, 2.75) is 26.4 Å². The number of nitrogens with one attached hydrogen (secondary N) is 1. The van der Waals surface area contributed by atoms with E-state index in [1.54, 1.807) is 0 Å². The molecule has 0 bridgehead atoms. The zero-order valence-electron chi connectivity index (χ0n) is 11.7. The second kappa shape index (κ2) is 6.94. The Morgan fingerprint density at radius 2 is 2.16 bits per heavy atom. The minimum atomic E-state index is -0.233. The SMILES string of the molecule is CC(C)N(C)CCNC(=O)Cn1cc(N)ccc1=O. The van der Waals surface area contributed by atoms with Crippen LogP contribution in [0.2, 0.25) is 0 Å². The molecule has 6 nitrogen and oxygen atoms in total. The Morgan fingerprint density at radius 3 is 2.79 bits per heavy atom. The maximum atomic E-state index is 11.7. The first kappa shape index (κ1) is 15.2. The Balaban J connectivity index is 2.43. The number of hydrogen-bond donors (Lipinski definition) is 2. The van der Waals surface area contributed by atoms with Crippen LogP contribution in [-0.4, -0.2) is 41.6 Å². The molecule has 0 aliphatic carbocycles. The first-order valence-electron chi connectivity index (χ1n) is 6.33. The van der Waals surface area contributed by atoms with Gasteiger partial charge in [-0.2, -0.15) is 0 Å². The number of nitrogens with two attached hydrogens (primary N) is 1. The second-order valence-corrected chi connectivity index (χ2v) is 4.85. The zero-order chi connectivity index (χ0) is 14.4. The fraction of sp³-hybridized carbons (Fsp3) is 0.538. The van der Waals surface area contributed by atoms with Gasteiger partial charge in [0.15, 0.2) is 0 Å². The molecular formula is C13H22N4O2. The van der Waals surface area contributed by atoms with Crippen LogP contribution < -0.4 is 16.6 Å². The van der Waals surface area contributed by atoms with Gasteiger partial charge in [0.1, 0.15) is 6.54 Å². The molecule has 0 aromatic carbocycles. The molecule has 6 heteroatoms. The average molecular weight is 266 g/mol. The predicted octanol–water partition coefficient (Wildman–Crippen LogP) is -0.113. The van der Waals surface area contributed by atoms with Crippen molar-refractivity contribution in [2.75, 3.05) is 25.9 Å². The molecule has 0 fully saturated rings. The van der Waals surface area contributed by atoms with Gasteiger partial charge in [-0.3, -0.25) is 9.59 Å². The third kappa shape index (κ3) is 5.13. The lowest BCUT2D eigenvalue weighted by molar-refractivity contribution is -0.121. The van der Waals surface area contributed by atoms with Gasteiger partial charge in [0.25, 0.3) is 5.56 Å². The van der Waals surface area contributed by atoms with E-state index >= 15 is 0 Å². The van der Waals surface area contributed by atoms with Gasteiger partial charge in [0, 0.05) is 37.1 Å². The Labute approximate surface area is 113 Å². The van der Waals surface area contributed by atoms with Gasteiger partial charge in [-0.05, 0) is 27.0 Å². The minimum absolute atomic E-state index is 0.00470.